The van der Waals surface area contributed by atoms with Gasteiger partial charge in [-0.2, -0.15) is 0 Å². The molecule has 0 aromatic rings. The Kier molecular flexibility index (Phi) is 4.43. The summed E-state index contributed by atoms with van der Waals surface area (Å²) in [5, 5.41) is 0. The van der Waals surface area contributed by atoms with Crippen molar-refractivity contribution in [1.29, 1.82) is 0 Å². The maximum Gasteiger partial charge on any atom is 0.00388 e. The van der Waals surface area contributed by atoms with E-state index in [9.17, 15) is 0 Å². The smallest absolute Gasteiger partial charge is 0.00388 e. The van der Waals surface area contributed by atoms with Crippen molar-refractivity contribution in [2.45, 2.75) is 53.5 Å². The lowest BCUT2D eigenvalue weighted by molar-refractivity contribution is 0.0743. The van der Waals surface area contributed by atoms with Crippen molar-refractivity contribution < 1.29 is 0 Å². The van der Waals surface area contributed by atoms with E-state index in [0.717, 1.165) is 23.8 Å². The Hall–Kier alpha value is -0.0400. The van der Waals surface area contributed by atoms with Gasteiger partial charge in [0.1, 0.15) is 0 Å². The highest BCUT2D eigenvalue weighted by Gasteiger charge is 2.28. The lowest BCUT2D eigenvalue weighted by atomic mass is 9.81. The van der Waals surface area contributed by atoms with Crippen LogP contribution >= 0.6 is 0 Å². The minimum atomic E-state index is 0.727. The highest BCUT2D eigenvalue weighted by atomic mass is 15.2. The van der Waals surface area contributed by atoms with Crippen LogP contribution in [-0.2, 0) is 0 Å². The Morgan fingerprint density at radius 2 is 1.79 bits per heavy atom. The number of rotatable bonds is 3. The van der Waals surface area contributed by atoms with Crippen LogP contribution in [0.2, 0.25) is 0 Å². The summed E-state index contributed by atoms with van der Waals surface area (Å²) in [5.41, 5.74) is 0. The third-order valence-electron chi connectivity index (χ3n) is 3.85. The predicted molar refractivity (Wildman–Crippen MR) is 63.4 cm³/mol. The molecule has 0 aromatic heterocycles. The molecule has 1 aliphatic rings. The lowest BCUT2D eigenvalue weighted by Crippen LogP contribution is -2.45. The van der Waals surface area contributed by atoms with Crippen LogP contribution in [-0.4, -0.2) is 24.0 Å². The summed E-state index contributed by atoms with van der Waals surface area (Å²) in [4.78, 5) is 2.67. The van der Waals surface area contributed by atoms with Crippen molar-refractivity contribution >= 4 is 0 Å². The quantitative estimate of drug-likeness (QED) is 0.670. The molecule has 0 N–H and O–H groups in total. The summed E-state index contributed by atoms with van der Waals surface area (Å²) in [5.74, 6) is 2.72. The summed E-state index contributed by atoms with van der Waals surface area (Å²) < 4.78 is 0. The van der Waals surface area contributed by atoms with Crippen LogP contribution in [0.15, 0.2) is 0 Å². The Labute approximate surface area is 89.9 Å². The first-order chi connectivity index (χ1) is 6.54. The largest absolute Gasteiger partial charge is 0.300 e. The molecule has 1 heteroatoms. The van der Waals surface area contributed by atoms with Crippen LogP contribution in [0.3, 0.4) is 0 Å². The van der Waals surface area contributed by atoms with Gasteiger partial charge in [0.05, 0.1) is 0 Å². The number of nitrogens with zero attached hydrogens (tertiary/aromatic N) is 1. The molecule has 1 rings (SSSR count). The van der Waals surface area contributed by atoms with Gasteiger partial charge in [0.2, 0.25) is 0 Å². The van der Waals surface area contributed by atoms with Gasteiger partial charge in [0.25, 0.3) is 0 Å². The van der Waals surface area contributed by atoms with E-state index in [1.54, 1.807) is 0 Å². The van der Waals surface area contributed by atoms with Gasteiger partial charge in [0.15, 0.2) is 0 Å². The first kappa shape index (κ1) is 12.0. The van der Waals surface area contributed by atoms with Gasteiger partial charge >= 0.3 is 0 Å². The van der Waals surface area contributed by atoms with Gasteiger partial charge in [-0.1, -0.05) is 27.2 Å². The van der Waals surface area contributed by atoms with E-state index < -0.39 is 0 Å². The summed E-state index contributed by atoms with van der Waals surface area (Å²) in [7, 11) is 0. The monoisotopic (exact) mass is 197 g/mol. The van der Waals surface area contributed by atoms with E-state index in [4.69, 9.17) is 0 Å². The topological polar surface area (TPSA) is 3.24 Å². The molecular formula is C13H27N. The average molecular weight is 197 g/mol. The van der Waals surface area contributed by atoms with Crippen LogP contribution in [0.1, 0.15) is 47.5 Å². The van der Waals surface area contributed by atoms with Crippen molar-refractivity contribution in [3.63, 3.8) is 0 Å². The zero-order valence-corrected chi connectivity index (χ0v) is 10.6. The molecule has 2 unspecified atom stereocenters. The molecule has 0 spiro atoms. The number of hydrogen-bond acceptors (Lipinski definition) is 1. The molecule has 0 radical (unpaired) electrons. The molecule has 0 aromatic carbocycles. The van der Waals surface area contributed by atoms with Crippen LogP contribution in [0, 0.1) is 17.8 Å². The average Bonchev–Trinajstić information content (AvgIpc) is 2.16. The third-order valence-corrected chi connectivity index (χ3v) is 3.85. The molecule has 0 bridgehead atoms. The maximum atomic E-state index is 2.67. The lowest BCUT2D eigenvalue weighted by Gasteiger charge is -2.41. The molecule has 84 valence electrons. The summed E-state index contributed by atoms with van der Waals surface area (Å²) in [6.07, 6.45) is 2.81. The minimum Gasteiger partial charge on any atom is -0.300 e. The zero-order chi connectivity index (χ0) is 10.7. The summed E-state index contributed by atoms with van der Waals surface area (Å²) in [6.45, 7) is 14.4. The van der Waals surface area contributed by atoms with E-state index in [1.165, 1.54) is 25.9 Å². The normalized spacial score (nSPS) is 30.2. The predicted octanol–water partition coefficient (Wildman–Crippen LogP) is 3.40. The van der Waals surface area contributed by atoms with Crippen molar-refractivity contribution in [1.82, 2.24) is 4.90 Å². The summed E-state index contributed by atoms with van der Waals surface area (Å²) >= 11 is 0. The summed E-state index contributed by atoms with van der Waals surface area (Å²) in [6, 6.07) is 0.727. The van der Waals surface area contributed by atoms with Crippen LogP contribution in [0.4, 0.5) is 0 Å². The van der Waals surface area contributed by atoms with Crippen LogP contribution in [0.5, 0.6) is 0 Å². The van der Waals surface area contributed by atoms with Gasteiger partial charge < -0.3 is 4.90 Å². The SMILES string of the molecule is CCC1CC(C(C)C)CN(C(C)C)C1. The molecule has 1 aliphatic heterocycles. The molecular weight excluding hydrogens is 170 g/mol. The second kappa shape index (κ2) is 5.16. The van der Waals surface area contributed by atoms with Crippen molar-refractivity contribution in [2.24, 2.45) is 17.8 Å². The van der Waals surface area contributed by atoms with Crippen molar-refractivity contribution in [3.8, 4) is 0 Å². The van der Waals surface area contributed by atoms with Crippen LogP contribution in [0.25, 0.3) is 0 Å². The fraction of sp³-hybridized carbons (Fsp3) is 1.00. The Balaban J connectivity index is 2.56. The second-order valence-electron chi connectivity index (χ2n) is 5.56. The Bertz CT molecular complexity index is 147. The molecule has 1 nitrogen and oxygen atoms in total. The number of likely N-dealkylation sites (tertiary alicyclic amines) is 1. The standard InChI is InChI=1S/C13H27N/c1-6-12-7-13(10(2)3)9-14(8-12)11(4)5/h10-13H,6-9H2,1-5H3. The molecule has 1 fully saturated rings. The molecule has 1 heterocycles. The van der Waals surface area contributed by atoms with Gasteiger partial charge in [-0.15, -0.1) is 0 Å². The molecule has 2 atom stereocenters. The van der Waals surface area contributed by atoms with Gasteiger partial charge in [0, 0.05) is 19.1 Å². The molecule has 0 amide bonds. The molecule has 0 saturated carbocycles. The van der Waals surface area contributed by atoms with E-state index in [2.05, 4.69) is 39.5 Å². The van der Waals surface area contributed by atoms with E-state index in [-0.39, 0.29) is 0 Å². The highest BCUT2D eigenvalue weighted by Crippen LogP contribution is 2.29. The third kappa shape index (κ3) is 2.98. The Morgan fingerprint density at radius 3 is 2.21 bits per heavy atom. The van der Waals surface area contributed by atoms with E-state index in [0.29, 0.717) is 0 Å². The minimum absolute atomic E-state index is 0.727. The van der Waals surface area contributed by atoms with E-state index >= 15 is 0 Å². The second-order valence-corrected chi connectivity index (χ2v) is 5.56. The van der Waals surface area contributed by atoms with E-state index in [1.807, 2.05) is 0 Å². The van der Waals surface area contributed by atoms with Gasteiger partial charge in [-0.25, -0.2) is 0 Å². The van der Waals surface area contributed by atoms with Crippen LogP contribution < -0.4 is 0 Å². The molecule has 0 aliphatic carbocycles. The van der Waals surface area contributed by atoms with Gasteiger partial charge in [-0.3, -0.25) is 0 Å². The molecule has 14 heavy (non-hydrogen) atoms. The van der Waals surface area contributed by atoms with Crippen molar-refractivity contribution in [3.05, 3.63) is 0 Å². The first-order valence-corrected chi connectivity index (χ1v) is 6.28. The fourth-order valence-electron chi connectivity index (χ4n) is 2.49. The fourth-order valence-corrected chi connectivity index (χ4v) is 2.49. The first-order valence-electron chi connectivity index (χ1n) is 6.28. The maximum absolute atomic E-state index is 2.67. The number of hydrogen-bond donors (Lipinski definition) is 0. The zero-order valence-electron chi connectivity index (χ0n) is 10.6. The number of piperidine rings is 1. The Morgan fingerprint density at radius 1 is 1.14 bits per heavy atom. The highest BCUT2D eigenvalue weighted by molar-refractivity contribution is 4.81. The van der Waals surface area contributed by atoms with Gasteiger partial charge in [-0.05, 0) is 38.0 Å². The molecule has 1 saturated heterocycles. The van der Waals surface area contributed by atoms with Crippen molar-refractivity contribution in [2.75, 3.05) is 13.1 Å².